The summed E-state index contributed by atoms with van der Waals surface area (Å²) in [7, 11) is 1.48. The summed E-state index contributed by atoms with van der Waals surface area (Å²) in [4.78, 5) is 23.4. The normalized spacial score (nSPS) is 19.0. The van der Waals surface area contributed by atoms with E-state index in [0.29, 0.717) is 29.0 Å². The van der Waals surface area contributed by atoms with Gasteiger partial charge in [-0.15, -0.1) is 0 Å². The first-order valence-corrected chi connectivity index (χ1v) is 8.04. The van der Waals surface area contributed by atoms with Gasteiger partial charge in [-0.1, -0.05) is 6.92 Å². The minimum atomic E-state index is -0.578. The van der Waals surface area contributed by atoms with Gasteiger partial charge in [-0.3, -0.25) is 9.59 Å². The minimum Gasteiger partial charge on any atom is -0.495 e. The molecule has 130 valence electrons. The fourth-order valence-corrected chi connectivity index (χ4v) is 2.67. The van der Waals surface area contributed by atoms with Crippen LogP contribution in [-0.2, 0) is 4.79 Å². The quantitative estimate of drug-likeness (QED) is 0.790. The molecule has 2 atom stereocenters. The van der Waals surface area contributed by atoms with Gasteiger partial charge in [-0.05, 0) is 48.7 Å². The summed E-state index contributed by atoms with van der Waals surface area (Å²) in [5.74, 6) is 2.25. The van der Waals surface area contributed by atoms with Gasteiger partial charge >= 0.3 is 0 Å². The van der Waals surface area contributed by atoms with Crippen molar-refractivity contribution >= 4 is 23.6 Å². The molecule has 6 nitrogen and oxygen atoms in total. The molecular formula is C19H20N2O4. The number of amides is 2. The summed E-state index contributed by atoms with van der Waals surface area (Å²) < 4.78 is 10.9. The molecule has 3 N–H and O–H groups in total. The van der Waals surface area contributed by atoms with Crippen molar-refractivity contribution in [3.05, 3.63) is 53.5 Å². The van der Waals surface area contributed by atoms with Crippen LogP contribution in [0.4, 0.5) is 5.69 Å². The molecule has 1 fully saturated rings. The van der Waals surface area contributed by atoms with Crippen molar-refractivity contribution in [3.8, 4) is 5.75 Å². The Hall–Kier alpha value is -3.02. The Labute approximate surface area is 145 Å². The highest BCUT2D eigenvalue weighted by atomic mass is 16.5. The van der Waals surface area contributed by atoms with E-state index in [9.17, 15) is 9.59 Å². The van der Waals surface area contributed by atoms with Crippen LogP contribution in [0, 0.1) is 5.92 Å². The van der Waals surface area contributed by atoms with E-state index in [2.05, 4.69) is 12.2 Å². The summed E-state index contributed by atoms with van der Waals surface area (Å²) in [6, 6.07) is 8.39. The molecule has 1 aromatic heterocycles. The number of rotatable bonds is 6. The van der Waals surface area contributed by atoms with Crippen LogP contribution in [0.2, 0.25) is 0 Å². The van der Waals surface area contributed by atoms with Gasteiger partial charge in [-0.25, -0.2) is 0 Å². The van der Waals surface area contributed by atoms with Crippen LogP contribution in [0.1, 0.15) is 41.1 Å². The maximum absolute atomic E-state index is 12.1. The van der Waals surface area contributed by atoms with Crippen molar-refractivity contribution < 1.29 is 18.7 Å². The number of hydrogen-bond acceptors (Lipinski definition) is 4. The van der Waals surface area contributed by atoms with Gasteiger partial charge in [0.05, 0.1) is 12.8 Å². The summed E-state index contributed by atoms with van der Waals surface area (Å²) in [5, 5.41) is 2.68. The maximum Gasteiger partial charge on any atom is 0.248 e. The molecule has 0 bridgehead atoms. The van der Waals surface area contributed by atoms with Crippen molar-refractivity contribution in [2.24, 2.45) is 11.7 Å². The fourth-order valence-electron chi connectivity index (χ4n) is 2.67. The zero-order valence-electron chi connectivity index (χ0n) is 14.1. The number of methoxy groups -OCH3 is 1. The number of anilines is 1. The molecule has 2 amide bonds. The Morgan fingerprint density at radius 2 is 2.08 bits per heavy atom. The van der Waals surface area contributed by atoms with Crippen molar-refractivity contribution in [2.75, 3.05) is 12.4 Å². The van der Waals surface area contributed by atoms with E-state index < -0.39 is 5.91 Å². The summed E-state index contributed by atoms with van der Waals surface area (Å²) in [5.41, 5.74) is 5.92. The molecule has 0 aliphatic heterocycles. The van der Waals surface area contributed by atoms with Crippen LogP contribution in [0.25, 0.3) is 6.08 Å². The molecule has 0 unspecified atom stereocenters. The Morgan fingerprint density at radius 1 is 1.32 bits per heavy atom. The lowest BCUT2D eigenvalue weighted by molar-refractivity contribution is -0.111. The second-order valence-electron chi connectivity index (χ2n) is 6.16. The molecule has 2 aromatic rings. The number of furan rings is 1. The monoisotopic (exact) mass is 340 g/mol. The van der Waals surface area contributed by atoms with E-state index in [1.54, 1.807) is 12.1 Å². The lowest BCUT2D eigenvalue weighted by Gasteiger charge is -2.09. The lowest BCUT2D eigenvalue weighted by atomic mass is 10.1. The van der Waals surface area contributed by atoms with E-state index in [1.807, 2.05) is 12.1 Å². The highest BCUT2D eigenvalue weighted by molar-refractivity contribution is 6.03. The summed E-state index contributed by atoms with van der Waals surface area (Å²) in [6.07, 6.45) is 4.12. The molecule has 3 rings (SSSR count). The number of benzene rings is 1. The Balaban J connectivity index is 1.68. The Kier molecular flexibility index (Phi) is 4.61. The molecule has 6 heteroatoms. The Morgan fingerprint density at radius 3 is 2.72 bits per heavy atom. The first-order valence-electron chi connectivity index (χ1n) is 8.04. The van der Waals surface area contributed by atoms with Crippen molar-refractivity contribution in [1.82, 2.24) is 0 Å². The first kappa shape index (κ1) is 16.8. The van der Waals surface area contributed by atoms with E-state index in [1.165, 1.54) is 25.3 Å². The predicted molar refractivity (Wildman–Crippen MR) is 94.4 cm³/mol. The van der Waals surface area contributed by atoms with Gasteiger partial charge in [0.15, 0.2) is 0 Å². The molecule has 0 saturated heterocycles. The molecule has 1 aliphatic rings. The highest BCUT2D eigenvalue weighted by Crippen LogP contribution is 2.47. The van der Waals surface area contributed by atoms with Gasteiger partial charge in [0.1, 0.15) is 17.3 Å². The number of carbonyl (C=O) groups is 2. The standard InChI is InChI=1S/C19H20N2O4/c1-11-9-14(11)16-7-4-13(25-16)5-8-18(22)21-15-10-12(19(20)23)3-6-17(15)24-2/h3-8,10-11,14H,9H2,1-2H3,(H2,20,23)(H,21,22)/b8-5-/t11-,14-/m1/s1. The van der Waals surface area contributed by atoms with Gasteiger partial charge < -0.3 is 20.2 Å². The van der Waals surface area contributed by atoms with Crippen LogP contribution in [-0.4, -0.2) is 18.9 Å². The van der Waals surface area contributed by atoms with E-state index in [4.69, 9.17) is 14.9 Å². The number of primary amides is 1. The van der Waals surface area contributed by atoms with E-state index in [-0.39, 0.29) is 11.5 Å². The predicted octanol–water partition coefficient (Wildman–Crippen LogP) is 3.16. The van der Waals surface area contributed by atoms with Gasteiger partial charge in [0.25, 0.3) is 0 Å². The second-order valence-corrected chi connectivity index (χ2v) is 6.16. The molecule has 1 aliphatic carbocycles. The molecule has 25 heavy (non-hydrogen) atoms. The van der Waals surface area contributed by atoms with Crippen LogP contribution >= 0.6 is 0 Å². The topological polar surface area (TPSA) is 94.6 Å². The second kappa shape index (κ2) is 6.84. The number of carbonyl (C=O) groups excluding carboxylic acids is 2. The SMILES string of the molecule is COc1ccc(C(N)=O)cc1NC(=O)/C=C\c1ccc([C@@H]2C[C@H]2C)o1. The zero-order valence-corrected chi connectivity index (χ0v) is 14.1. The third-order valence-corrected chi connectivity index (χ3v) is 4.26. The Bertz CT molecular complexity index is 838. The number of nitrogens with two attached hydrogens (primary N) is 1. The third-order valence-electron chi connectivity index (χ3n) is 4.26. The van der Waals surface area contributed by atoms with Crippen LogP contribution in [0.5, 0.6) is 5.75 Å². The third kappa shape index (κ3) is 3.91. The van der Waals surface area contributed by atoms with Gasteiger partial charge in [0, 0.05) is 17.6 Å². The van der Waals surface area contributed by atoms with E-state index in [0.717, 1.165) is 12.2 Å². The minimum absolute atomic E-state index is 0.286. The molecular weight excluding hydrogens is 320 g/mol. The van der Waals surface area contributed by atoms with Crippen molar-refractivity contribution in [3.63, 3.8) is 0 Å². The lowest BCUT2D eigenvalue weighted by Crippen LogP contribution is -2.13. The average Bonchev–Trinajstić information content (AvgIpc) is 3.13. The molecule has 1 aromatic carbocycles. The van der Waals surface area contributed by atoms with Crippen LogP contribution in [0.3, 0.4) is 0 Å². The van der Waals surface area contributed by atoms with Crippen LogP contribution in [0.15, 0.2) is 40.8 Å². The average molecular weight is 340 g/mol. The largest absolute Gasteiger partial charge is 0.495 e. The smallest absolute Gasteiger partial charge is 0.248 e. The number of nitrogens with one attached hydrogen (secondary N) is 1. The highest BCUT2D eigenvalue weighted by Gasteiger charge is 2.36. The van der Waals surface area contributed by atoms with Crippen molar-refractivity contribution in [2.45, 2.75) is 19.3 Å². The van der Waals surface area contributed by atoms with Gasteiger partial charge in [0.2, 0.25) is 11.8 Å². The summed E-state index contributed by atoms with van der Waals surface area (Å²) in [6.45, 7) is 2.18. The molecule has 0 radical (unpaired) electrons. The molecule has 1 saturated carbocycles. The number of ether oxygens (including phenoxy) is 1. The zero-order chi connectivity index (χ0) is 18.0. The first-order chi connectivity index (χ1) is 12.0. The molecule has 1 heterocycles. The van der Waals surface area contributed by atoms with Crippen molar-refractivity contribution in [1.29, 1.82) is 0 Å². The van der Waals surface area contributed by atoms with E-state index >= 15 is 0 Å². The van der Waals surface area contributed by atoms with Gasteiger partial charge in [-0.2, -0.15) is 0 Å². The summed E-state index contributed by atoms with van der Waals surface area (Å²) >= 11 is 0. The molecule has 0 spiro atoms. The number of hydrogen-bond donors (Lipinski definition) is 2. The van der Waals surface area contributed by atoms with Crippen LogP contribution < -0.4 is 15.8 Å². The fraction of sp³-hybridized carbons (Fsp3) is 0.263. The maximum atomic E-state index is 12.1.